The summed E-state index contributed by atoms with van der Waals surface area (Å²) in [6.07, 6.45) is 0.731. The van der Waals surface area contributed by atoms with Gasteiger partial charge in [0.15, 0.2) is 0 Å². The van der Waals surface area contributed by atoms with Crippen molar-refractivity contribution in [2.24, 2.45) is 0 Å². The molecule has 6 heteroatoms. The summed E-state index contributed by atoms with van der Waals surface area (Å²) < 4.78 is 59.3. The number of halogens is 5. The van der Waals surface area contributed by atoms with E-state index in [0.717, 1.165) is 5.56 Å². The molecule has 0 saturated carbocycles. The Bertz CT molecular complexity index is 378. The van der Waals surface area contributed by atoms with E-state index in [1.165, 1.54) is 0 Å². The summed E-state index contributed by atoms with van der Waals surface area (Å²) in [5.41, 5.74) is 0.814. The highest BCUT2D eigenvalue weighted by molar-refractivity contribution is 8.48. The van der Waals surface area contributed by atoms with Crippen LogP contribution in [0.2, 0.25) is 0 Å². The molecule has 0 nitrogen and oxygen atoms in total. The topological polar surface area (TPSA) is 0 Å². The number of rotatable bonds is 4. The lowest BCUT2D eigenvalue weighted by Gasteiger charge is -2.36. The van der Waals surface area contributed by atoms with Crippen LogP contribution >= 0.6 is 10.2 Å². The van der Waals surface area contributed by atoms with Gasteiger partial charge in [-0.25, -0.2) is 0 Å². The third-order valence-corrected chi connectivity index (χ3v) is 2.50. The van der Waals surface area contributed by atoms with Crippen LogP contribution in [0, 0.1) is 0 Å². The summed E-state index contributed by atoms with van der Waals surface area (Å²) in [6.45, 7) is 0. The smallest absolute Gasteiger partial charge is 0.0942 e. The van der Waals surface area contributed by atoms with Crippen molar-refractivity contribution in [3.63, 3.8) is 0 Å². The molecule has 0 aliphatic heterocycles. The fraction of sp³-hybridized carbons (Fsp3) is 0.200. The highest BCUT2D eigenvalue weighted by Crippen LogP contribution is 2.98. The maximum absolute atomic E-state index is 11.9. The highest BCUT2D eigenvalue weighted by atomic mass is 32.5. The zero-order chi connectivity index (χ0) is 12.3. The molecule has 1 rings (SSSR count). The van der Waals surface area contributed by atoms with E-state index < -0.39 is 15.6 Å². The van der Waals surface area contributed by atoms with E-state index in [4.69, 9.17) is 0 Å². The first kappa shape index (κ1) is 13.0. The first-order chi connectivity index (χ1) is 7.05. The van der Waals surface area contributed by atoms with Crippen molar-refractivity contribution in [1.29, 1.82) is 0 Å². The minimum Gasteiger partial charge on any atom is -0.0942 e. The SMILES string of the molecule is FS(F)(F)(F)(F)/C=C/CCc1ccccc1. The largest absolute Gasteiger partial charge is 0.304 e. The Hall–Kier alpha value is -1.04. The highest BCUT2D eigenvalue weighted by Gasteiger charge is 2.60. The van der Waals surface area contributed by atoms with Gasteiger partial charge in [0, 0.05) is 0 Å². The van der Waals surface area contributed by atoms with Crippen molar-refractivity contribution < 1.29 is 19.4 Å². The van der Waals surface area contributed by atoms with Crippen LogP contribution in [-0.4, -0.2) is 0 Å². The Labute approximate surface area is 90.5 Å². The Morgan fingerprint density at radius 2 is 1.50 bits per heavy atom. The first-order valence-corrected chi connectivity index (χ1v) is 6.53. The molecule has 0 bridgehead atoms. The quantitative estimate of drug-likeness (QED) is 0.631. The summed E-state index contributed by atoms with van der Waals surface area (Å²) in [5, 5.41) is -0.886. The Morgan fingerprint density at radius 3 is 2.00 bits per heavy atom. The lowest BCUT2D eigenvalue weighted by atomic mass is 10.1. The van der Waals surface area contributed by atoms with E-state index in [2.05, 4.69) is 0 Å². The molecule has 1 aromatic rings. The van der Waals surface area contributed by atoms with Crippen molar-refractivity contribution in [3.8, 4) is 0 Å². The van der Waals surface area contributed by atoms with Crippen LogP contribution in [0.15, 0.2) is 41.8 Å². The van der Waals surface area contributed by atoms with Crippen molar-refractivity contribution in [2.75, 3.05) is 0 Å². The maximum Gasteiger partial charge on any atom is 0.304 e. The van der Waals surface area contributed by atoms with E-state index in [9.17, 15) is 19.4 Å². The molecule has 0 atom stereocenters. The normalized spacial score (nSPS) is 17.1. The zero-order valence-corrected chi connectivity index (χ0v) is 9.07. The van der Waals surface area contributed by atoms with Gasteiger partial charge in [-0.05, 0) is 18.4 Å². The molecule has 0 aliphatic carbocycles. The van der Waals surface area contributed by atoms with Crippen molar-refractivity contribution >= 4 is 10.2 Å². The predicted octanol–water partition coefficient (Wildman–Crippen LogP) is 5.43. The molecule has 0 radical (unpaired) electrons. The second-order valence-electron chi connectivity index (χ2n) is 3.42. The molecule has 0 fully saturated rings. The molecule has 0 heterocycles. The van der Waals surface area contributed by atoms with Gasteiger partial charge in [0.25, 0.3) is 0 Å². The lowest BCUT2D eigenvalue weighted by molar-refractivity contribution is 0.384. The average Bonchev–Trinajstić information content (AvgIpc) is 2.11. The fourth-order valence-corrected chi connectivity index (χ4v) is 1.64. The van der Waals surface area contributed by atoms with Crippen LogP contribution in [0.25, 0.3) is 0 Å². The molecule has 0 aromatic heterocycles. The summed E-state index contributed by atoms with van der Waals surface area (Å²) in [4.78, 5) is 0. The summed E-state index contributed by atoms with van der Waals surface area (Å²) in [6, 6.07) is 8.71. The van der Waals surface area contributed by atoms with Crippen LogP contribution in [0.4, 0.5) is 19.4 Å². The monoisotopic (exact) mass is 258 g/mol. The van der Waals surface area contributed by atoms with Gasteiger partial charge in [-0.15, -0.1) is 0 Å². The molecule has 0 unspecified atom stereocenters. The van der Waals surface area contributed by atoms with Crippen LogP contribution < -0.4 is 0 Å². The van der Waals surface area contributed by atoms with Crippen molar-refractivity contribution in [2.45, 2.75) is 12.8 Å². The Morgan fingerprint density at radius 1 is 0.938 bits per heavy atom. The van der Waals surface area contributed by atoms with Crippen LogP contribution in [-0.2, 0) is 6.42 Å². The van der Waals surface area contributed by atoms with E-state index in [-0.39, 0.29) is 6.42 Å². The number of benzene rings is 1. The molecule has 0 amide bonds. The molecule has 0 aliphatic rings. The van der Waals surface area contributed by atoms with Crippen LogP contribution in [0.5, 0.6) is 0 Å². The molecule has 0 N–H and O–H groups in total. The number of hydrogen-bond acceptors (Lipinski definition) is 0. The van der Waals surface area contributed by atoms with E-state index >= 15 is 0 Å². The third kappa shape index (κ3) is 6.44. The van der Waals surface area contributed by atoms with Gasteiger partial charge in [-0.3, -0.25) is 0 Å². The van der Waals surface area contributed by atoms with Gasteiger partial charge in [0.1, 0.15) is 0 Å². The van der Waals surface area contributed by atoms with Gasteiger partial charge in [-0.1, -0.05) is 55.8 Å². The Kier molecular flexibility index (Phi) is 2.83. The van der Waals surface area contributed by atoms with Gasteiger partial charge in [0.2, 0.25) is 0 Å². The van der Waals surface area contributed by atoms with Crippen molar-refractivity contribution in [3.05, 3.63) is 47.4 Å². The number of allylic oxidation sites excluding steroid dienone is 1. The van der Waals surface area contributed by atoms with Crippen molar-refractivity contribution in [1.82, 2.24) is 0 Å². The fourth-order valence-electron chi connectivity index (χ4n) is 1.14. The molecule has 0 spiro atoms. The van der Waals surface area contributed by atoms with Gasteiger partial charge in [0.05, 0.1) is 5.41 Å². The number of aryl methyl sites for hydroxylation is 1. The first-order valence-electron chi connectivity index (χ1n) is 4.51. The minimum absolute atomic E-state index is 0.0599. The van der Waals surface area contributed by atoms with Crippen LogP contribution in [0.1, 0.15) is 12.0 Å². The summed E-state index contributed by atoms with van der Waals surface area (Å²) in [7, 11) is -9.36. The van der Waals surface area contributed by atoms with Gasteiger partial charge < -0.3 is 0 Å². The summed E-state index contributed by atoms with van der Waals surface area (Å²) in [5.74, 6) is 0. The zero-order valence-electron chi connectivity index (χ0n) is 8.25. The van der Waals surface area contributed by atoms with E-state index in [1.807, 2.05) is 0 Å². The minimum atomic E-state index is -9.36. The van der Waals surface area contributed by atoms with Crippen LogP contribution in [0.3, 0.4) is 0 Å². The van der Waals surface area contributed by atoms with E-state index in [0.29, 0.717) is 12.5 Å². The predicted molar refractivity (Wildman–Crippen MR) is 57.0 cm³/mol. The molecule has 16 heavy (non-hydrogen) atoms. The van der Waals surface area contributed by atoms with Gasteiger partial charge in [-0.2, -0.15) is 0 Å². The molecule has 1 aromatic carbocycles. The molecular formula is C10H11F5S. The molecule has 0 saturated heterocycles. The second-order valence-corrected chi connectivity index (χ2v) is 5.75. The standard InChI is InChI=1S/C10H11F5S/c11-16(12,13,14,15)9-5-4-8-10-6-2-1-3-7-10/h1-3,5-7,9H,4,8H2/b9-5+. The van der Waals surface area contributed by atoms with Gasteiger partial charge >= 0.3 is 10.2 Å². The molecular weight excluding hydrogens is 247 g/mol. The molecule has 92 valence electrons. The lowest BCUT2D eigenvalue weighted by Crippen LogP contribution is -1.99. The maximum atomic E-state index is 11.9. The van der Waals surface area contributed by atoms with E-state index in [1.54, 1.807) is 30.3 Å². The summed E-state index contributed by atoms with van der Waals surface area (Å²) >= 11 is 0. The average molecular weight is 258 g/mol. The Balaban J connectivity index is 2.53. The second kappa shape index (κ2) is 3.48. The third-order valence-electron chi connectivity index (χ3n) is 1.80. The number of hydrogen-bond donors (Lipinski definition) is 0.